The minimum absolute atomic E-state index is 0.00101. The zero-order valence-electron chi connectivity index (χ0n) is 14.0. The lowest BCUT2D eigenvalue weighted by Crippen LogP contribution is -2.32. The van der Waals surface area contributed by atoms with Crippen molar-refractivity contribution in [3.63, 3.8) is 0 Å². The van der Waals surface area contributed by atoms with Crippen LogP contribution in [0.3, 0.4) is 0 Å². The van der Waals surface area contributed by atoms with Crippen molar-refractivity contribution >= 4 is 5.97 Å². The van der Waals surface area contributed by atoms with Crippen LogP contribution in [0.5, 0.6) is 5.75 Å². The number of phenolic OH excluding ortho intramolecular Hbond substituents is 1. The van der Waals surface area contributed by atoms with Crippen LogP contribution in [0.25, 0.3) is 0 Å². The van der Waals surface area contributed by atoms with Gasteiger partial charge in [-0.3, -0.25) is 0 Å². The zero-order chi connectivity index (χ0) is 16.5. The summed E-state index contributed by atoms with van der Waals surface area (Å²) in [4.78, 5) is 12.3. The predicted molar refractivity (Wildman–Crippen MR) is 86.9 cm³/mol. The molecule has 22 heavy (non-hydrogen) atoms. The maximum absolute atomic E-state index is 12.3. The molecule has 0 amide bonds. The van der Waals surface area contributed by atoms with E-state index in [1.807, 2.05) is 26.8 Å². The highest BCUT2D eigenvalue weighted by Gasteiger charge is 2.24. The second-order valence-corrected chi connectivity index (χ2v) is 6.12. The number of phenols is 1. The number of esters is 1. The minimum Gasteiger partial charge on any atom is -0.508 e. The lowest BCUT2D eigenvalue weighted by Gasteiger charge is -2.22. The van der Waals surface area contributed by atoms with Crippen LogP contribution in [-0.2, 0) is 20.7 Å². The molecule has 0 aliphatic rings. The molecule has 1 rings (SSSR count). The van der Waals surface area contributed by atoms with Crippen molar-refractivity contribution in [1.82, 2.24) is 0 Å². The number of benzene rings is 1. The molecule has 0 aromatic heterocycles. The first-order chi connectivity index (χ1) is 10.4. The van der Waals surface area contributed by atoms with E-state index in [0.717, 1.165) is 18.4 Å². The fourth-order valence-electron chi connectivity index (χ4n) is 2.18. The molecule has 2 atom stereocenters. The summed E-state index contributed by atoms with van der Waals surface area (Å²) in [5.74, 6) is 0.145. The predicted octanol–water partition coefficient (Wildman–Crippen LogP) is 3.71. The summed E-state index contributed by atoms with van der Waals surface area (Å²) in [6, 6.07) is 6.89. The second-order valence-electron chi connectivity index (χ2n) is 6.12. The highest BCUT2D eigenvalue weighted by atomic mass is 16.6. The largest absolute Gasteiger partial charge is 0.508 e. The van der Waals surface area contributed by atoms with Gasteiger partial charge in [0.2, 0.25) is 0 Å². The Balaban J connectivity index is 2.74. The van der Waals surface area contributed by atoms with Gasteiger partial charge in [0, 0.05) is 6.42 Å². The van der Waals surface area contributed by atoms with Crippen molar-refractivity contribution in [3.8, 4) is 5.75 Å². The van der Waals surface area contributed by atoms with Crippen LogP contribution in [0.15, 0.2) is 24.3 Å². The van der Waals surface area contributed by atoms with Crippen molar-refractivity contribution in [2.75, 3.05) is 6.61 Å². The molecule has 0 saturated carbocycles. The maximum Gasteiger partial charge on any atom is 0.335 e. The lowest BCUT2D eigenvalue weighted by molar-refractivity contribution is -0.161. The monoisotopic (exact) mass is 308 g/mol. The Bertz CT molecular complexity index is 456. The molecule has 2 unspecified atom stereocenters. The Morgan fingerprint density at radius 2 is 2.00 bits per heavy atom. The molecule has 0 fully saturated rings. The molecule has 0 spiro atoms. The van der Waals surface area contributed by atoms with E-state index in [2.05, 4.69) is 6.92 Å². The number of ether oxygens (including phenoxy) is 2. The standard InChI is InChI=1S/C18H28O4/c1-5-7-14(4)22-17(18(20)21-12-13(2)3)11-15-8-6-9-16(19)10-15/h6,8-10,13-14,17,19H,5,7,11-12H2,1-4H3. The molecule has 0 aliphatic heterocycles. The first kappa shape index (κ1) is 18.5. The van der Waals surface area contributed by atoms with Gasteiger partial charge in [-0.05, 0) is 37.0 Å². The fourth-order valence-corrected chi connectivity index (χ4v) is 2.18. The molecule has 1 aromatic carbocycles. The minimum atomic E-state index is -0.637. The van der Waals surface area contributed by atoms with E-state index in [1.54, 1.807) is 18.2 Å². The van der Waals surface area contributed by atoms with Gasteiger partial charge in [0.1, 0.15) is 5.75 Å². The third-order valence-corrected chi connectivity index (χ3v) is 3.25. The SMILES string of the molecule is CCCC(C)OC(Cc1cccc(O)c1)C(=O)OCC(C)C. The van der Waals surface area contributed by atoms with Crippen LogP contribution in [0, 0.1) is 5.92 Å². The van der Waals surface area contributed by atoms with Crippen LogP contribution in [0.2, 0.25) is 0 Å². The summed E-state index contributed by atoms with van der Waals surface area (Å²) in [7, 11) is 0. The van der Waals surface area contributed by atoms with Crippen LogP contribution < -0.4 is 0 Å². The first-order valence-corrected chi connectivity index (χ1v) is 8.02. The van der Waals surface area contributed by atoms with Gasteiger partial charge in [-0.2, -0.15) is 0 Å². The lowest BCUT2D eigenvalue weighted by atomic mass is 10.1. The Hall–Kier alpha value is -1.55. The number of carbonyl (C=O) groups is 1. The Kier molecular flexibility index (Phi) is 7.96. The van der Waals surface area contributed by atoms with Gasteiger partial charge >= 0.3 is 5.97 Å². The van der Waals surface area contributed by atoms with Crippen LogP contribution >= 0.6 is 0 Å². The van der Waals surface area contributed by atoms with Crippen molar-refractivity contribution in [3.05, 3.63) is 29.8 Å². The Morgan fingerprint density at radius 3 is 2.59 bits per heavy atom. The molecule has 1 N–H and O–H groups in total. The number of hydrogen-bond donors (Lipinski definition) is 1. The van der Waals surface area contributed by atoms with Crippen molar-refractivity contribution in [2.24, 2.45) is 5.92 Å². The molecular formula is C18H28O4. The quantitative estimate of drug-likeness (QED) is 0.707. The number of rotatable bonds is 9. The Morgan fingerprint density at radius 1 is 1.27 bits per heavy atom. The summed E-state index contributed by atoms with van der Waals surface area (Å²) < 4.78 is 11.2. The summed E-state index contributed by atoms with van der Waals surface area (Å²) in [5.41, 5.74) is 0.857. The first-order valence-electron chi connectivity index (χ1n) is 8.02. The van der Waals surface area contributed by atoms with Gasteiger partial charge in [-0.15, -0.1) is 0 Å². The molecular weight excluding hydrogens is 280 g/mol. The third kappa shape index (κ3) is 6.94. The van der Waals surface area contributed by atoms with Gasteiger partial charge in [-0.25, -0.2) is 4.79 Å². The molecule has 0 bridgehead atoms. The Labute approximate surface area is 133 Å². The van der Waals surface area contributed by atoms with Crippen LogP contribution in [-0.4, -0.2) is 29.9 Å². The van der Waals surface area contributed by atoms with E-state index in [-0.39, 0.29) is 17.8 Å². The zero-order valence-corrected chi connectivity index (χ0v) is 14.0. The van der Waals surface area contributed by atoms with Crippen molar-refractivity contribution in [1.29, 1.82) is 0 Å². The van der Waals surface area contributed by atoms with E-state index in [1.165, 1.54) is 0 Å². The molecule has 0 saturated heterocycles. The topological polar surface area (TPSA) is 55.8 Å². The molecule has 0 aliphatic carbocycles. The normalized spacial score (nSPS) is 13.9. The smallest absolute Gasteiger partial charge is 0.335 e. The number of aromatic hydroxyl groups is 1. The maximum atomic E-state index is 12.3. The average Bonchev–Trinajstić information content (AvgIpc) is 2.44. The molecule has 0 heterocycles. The van der Waals surface area contributed by atoms with E-state index in [0.29, 0.717) is 18.9 Å². The van der Waals surface area contributed by atoms with E-state index in [9.17, 15) is 9.90 Å². The molecule has 4 heteroatoms. The number of carbonyl (C=O) groups excluding carboxylic acids is 1. The van der Waals surface area contributed by atoms with Crippen LogP contribution in [0.1, 0.15) is 46.1 Å². The number of hydrogen-bond acceptors (Lipinski definition) is 4. The summed E-state index contributed by atoms with van der Waals surface area (Å²) in [5, 5.41) is 9.55. The highest BCUT2D eigenvalue weighted by molar-refractivity contribution is 5.75. The van der Waals surface area contributed by atoms with Gasteiger partial charge in [0.05, 0.1) is 12.7 Å². The van der Waals surface area contributed by atoms with Crippen LogP contribution in [0.4, 0.5) is 0 Å². The van der Waals surface area contributed by atoms with Crippen molar-refractivity contribution < 1.29 is 19.4 Å². The van der Waals surface area contributed by atoms with E-state index in [4.69, 9.17) is 9.47 Å². The van der Waals surface area contributed by atoms with Gasteiger partial charge in [-0.1, -0.05) is 39.3 Å². The molecule has 0 radical (unpaired) electrons. The fraction of sp³-hybridized carbons (Fsp3) is 0.611. The van der Waals surface area contributed by atoms with E-state index < -0.39 is 6.10 Å². The van der Waals surface area contributed by atoms with Gasteiger partial charge in [0.25, 0.3) is 0 Å². The van der Waals surface area contributed by atoms with E-state index >= 15 is 0 Å². The summed E-state index contributed by atoms with van der Waals surface area (Å²) in [6.45, 7) is 8.44. The van der Waals surface area contributed by atoms with Crippen molar-refractivity contribution in [2.45, 2.75) is 59.2 Å². The second kappa shape index (κ2) is 9.46. The summed E-state index contributed by atoms with van der Waals surface area (Å²) in [6.07, 6.45) is 1.66. The summed E-state index contributed by atoms with van der Waals surface area (Å²) >= 11 is 0. The average molecular weight is 308 g/mol. The molecule has 124 valence electrons. The highest BCUT2D eigenvalue weighted by Crippen LogP contribution is 2.16. The van der Waals surface area contributed by atoms with Gasteiger partial charge in [0.15, 0.2) is 6.10 Å². The molecule has 1 aromatic rings. The molecule has 4 nitrogen and oxygen atoms in total. The third-order valence-electron chi connectivity index (χ3n) is 3.25. The van der Waals surface area contributed by atoms with Gasteiger partial charge < -0.3 is 14.6 Å².